The van der Waals surface area contributed by atoms with Gasteiger partial charge in [0.2, 0.25) is 5.95 Å². The van der Waals surface area contributed by atoms with Crippen molar-refractivity contribution < 1.29 is 75.9 Å². The quantitative estimate of drug-likeness (QED) is 0.271. The number of para-hydroxylation sites is 2. The van der Waals surface area contributed by atoms with Crippen LogP contribution in [0.25, 0.3) is 11.0 Å². The van der Waals surface area contributed by atoms with Gasteiger partial charge in [-0.05, 0) is 32.0 Å². The van der Waals surface area contributed by atoms with Crippen LogP contribution in [0.5, 0.6) is 0 Å². The summed E-state index contributed by atoms with van der Waals surface area (Å²) in [5.74, 6) is -1.43. The Balaban J connectivity index is 0.000000431. The molecule has 30 heavy (non-hydrogen) atoms. The Hall–Kier alpha value is -1.27. The van der Waals surface area contributed by atoms with Gasteiger partial charge in [-0.3, -0.25) is 0 Å². The number of aliphatic carboxylic acids is 2. The summed E-state index contributed by atoms with van der Waals surface area (Å²) >= 11 is 0. The molecule has 1 saturated heterocycles. The maximum atomic E-state index is 9.55. The summed E-state index contributed by atoms with van der Waals surface area (Å²) in [5, 5.41) is 19.1. The molecule has 0 bridgehead atoms. The zero-order chi connectivity index (χ0) is 21.1. The van der Waals surface area contributed by atoms with E-state index in [-0.39, 0.29) is 51.4 Å². The second kappa shape index (κ2) is 14.7. The van der Waals surface area contributed by atoms with Crippen LogP contribution in [0.1, 0.15) is 13.3 Å². The van der Waals surface area contributed by atoms with Crippen molar-refractivity contribution in [1.82, 2.24) is 14.9 Å². The molecule has 2 aromatic rings. The number of hydrogen-bond acceptors (Lipinski definition) is 6. The standard InChI is InChI=1S/C16H24N4O.C4H4O4.K/c1-2-21-13-12-20-15-7-4-3-6-14(15)18-16(20)19-10-5-8-17-9-11-19;5-3(6)1-2-4(7)8;/h3-4,6-7,17H,2,5,8-13H2,1H3;1-2H,(H,5,6)(H,7,8);/q;;+1/b;2-1+;. The summed E-state index contributed by atoms with van der Waals surface area (Å²) < 4.78 is 7.85. The topological polar surface area (TPSA) is 117 Å². The van der Waals surface area contributed by atoms with E-state index in [0.29, 0.717) is 12.2 Å². The molecule has 0 spiro atoms. The number of nitrogens with zero attached hydrogens (tertiary/aromatic N) is 3. The Labute approximate surface area is 218 Å². The van der Waals surface area contributed by atoms with Crippen LogP contribution in [-0.2, 0) is 20.9 Å². The molecule has 1 aliphatic heterocycles. The molecule has 0 amide bonds. The van der Waals surface area contributed by atoms with Crippen LogP contribution in [0.2, 0.25) is 0 Å². The summed E-state index contributed by atoms with van der Waals surface area (Å²) in [6.07, 6.45) is 2.28. The summed E-state index contributed by atoms with van der Waals surface area (Å²) in [6.45, 7) is 8.57. The number of nitrogens with one attached hydrogen (secondary N) is 1. The van der Waals surface area contributed by atoms with E-state index in [1.807, 2.05) is 6.92 Å². The third kappa shape index (κ3) is 8.84. The fraction of sp³-hybridized carbons (Fsp3) is 0.450. The minimum atomic E-state index is -1.26. The van der Waals surface area contributed by atoms with Gasteiger partial charge in [-0.15, -0.1) is 0 Å². The van der Waals surface area contributed by atoms with E-state index in [1.54, 1.807) is 0 Å². The van der Waals surface area contributed by atoms with Crippen LogP contribution in [0.3, 0.4) is 0 Å². The van der Waals surface area contributed by atoms with Crippen LogP contribution in [0.4, 0.5) is 5.95 Å². The number of aromatic nitrogens is 2. The summed E-state index contributed by atoms with van der Waals surface area (Å²) in [4.78, 5) is 26.4. The normalized spacial score (nSPS) is 14.0. The number of hydrogen-bond donors (Lipinski definition) is 3. The van der Waals surface area contributed by atoms with Gasteiger partial charge in [-0.2, -0.15) is 0 Å². The Morgan fingerprint density at radius 2 is 1.87 bits per heavy atom. The monoisotopic (exact) mass is 443 g/mol. The molecule has 1 aromatic carbocycles. The Morgan fingerprint density at radius 1 is 1.17 bits per heavy atom. The Morgan fingerprint density at radius 3 is 2.53 bits per heavy atom. The second-order valence-corrected chi connectivity index (χ2v) is 6.35. The average molecular weight is 444 g/mol. The maximum Gasteiger partial charge on any atom is 1.00 e. The molecule has 3 N–H and O–H groups in total. The number of anilines is 1. The third-order valence-electron chi connectivity index (χ3n) is 4.29. The van der Waals surface area contributed by atoms with Crippen LogP contribution >= 0.6 is 0 Å². The van der Waals surface area contributed by atoms with E-state index in [0.717, 1.165) is 63.8 Å². The molecule has 1 fully saturated rings. The molecule has 158 valence electrons. The minimum Gasteiger partial charge on any atom is -0.478 e. The van der Waals surface area contributed by atoms with E-state index >= 15 is 0 Å². The van der Waals surface area contributed by atoms with Crippen molar-refractivity contribution >= 4 is 28.9 Å². The largest absolute Gasteiger partial charge is 1.00 e. The molecule has 2 heterocycles. The molecule has 1 aliphatic rings. The predicted molar refractivity (Wildman–Crippen MR) is 110 cm³/mol. The third-order valence-corrected chi connectivity index (χ3v) is 4.29. The maximum absolute atomic E-state index is 9.55. The number of rotatable bonds is 7. The number of carboxylic acids is 2. The van der Waals surface area contributed by atoms with Gasteiger partial charge in [0.25, 0.3) is 0 Å². The molecule has 0 atom stereocenters. The zero-order valence-corrected chi connectivity index (χ0v) is 20.7. The van der Waals surface area contributed by atoms with E-state index in [2.05, 4.69) is 39.0 Å². The first-order valence-electron chi connectivity index (χ1n) is 9.65. The number of carbonyl (C=O) groups is 2. The van der Waals surface area contributed by atoms with Gasteiger partial charge < -0.3 is 29.7 Å². The number of imidazole rings is 1. The minimum absolute atomic E-state index is 0. The van der Waals surface area contributed by atoms with Crippen molar-refractivity contribution in [3.8, 4) is 0 Å². The van der Waals surface area contributed by atoms with E-state index in [1.165, 1.54) is 5.52 Å². The fourth-order valence-corrected chi connectivity index (χ4v) is 3.01. The molecular formula is C20H28KN4O5+. The van der Waals surface area contributed by atoms with Crippen molar-refractivity contribution in [2.45, 2.75) is 19.9 Å². The Bertz CT molecular complexity index is 816. The summed E-state index contributed by atoms with van der Waals surface area (Å²) in [7, 11) is 0. The smallest absolute Gasteiger partial charge is 0.478 e. The average Bonchev–Trinajstić information content (AvgIpc) is 2.87. The Kier molecular flexibility index (Phi) is 13.1. The number of fused-ring (bicyclic) bond motifs is 1. The van der Waals surface area contributed by atoms with E-state index < -0.39 is 11.9 Å². The molecule has 0 aliphatic carbocycles. The van der Waals surface area contributed by atoms with Crippen LogP contribution < -0.4 is 61.6 Å². The van der Waals surface area contributed by atoms with Gasteiger partial charge in [0.05, 0.1) is 17.6 Å². The molecule has 1 aromatic heterocycles. The molecule has 9 nitrogen and oxygen atoms in total. The first kappa shape index (κ1) is 26.8. The summed E-state index contributed by atoms with van der Waals surface area (Å²) in [5.41, 5.74) is 2.27. The predicted octanol–water partition coefficient (Wildman–Crippen LogP) is -1.41. The summed E-state index contributed by atoms with van der Waals surface area (Å²) in [6, 6.07) is 8.37. The van der Waals surface area contributed by atoms with Crippen molar-refractivity contribution in [3.05, 3.63) is 36.4 Å². The van der Waals surface area contributed by atoms with Gasteiger partial charge in [0, 0.05) is 44.9 Å². The fourth-order valence-electron chi connectivity index (χ4n) is 3.01. The van der Waals surface area contributed by atoms with Gasteiger partial charge >= 0.3 is 63.3 Å². The first-order valence-corrected chi connectivity index (χ1v) is 9.65. The molecule has 10 heteroatoms. The zero-order valence-electron chi connectivity index (χ0n) is 17.6. The van der Waals surface area contributed by atoms with Gasteiger partial charge in [0.15, 0.2) is 0 Å². The SMILES string of the molecule is CCOCCn1c(N2CCCNCC2)nc2ccccc21.O=C(O)/C=C/C(=O)O.[K+]. The van der Waals surface area contributed by atoms with Crippen LogP contribution in [0.15, 0.2) is 36.4 Å². The van der Waals surface area contributed by atoms with E-state index in [4.69, 9.17) is 19.9 Å². The van der Waals surface area contributed by atoms with Gasteiger partial charge in [0.1, 0.15) is 0 Å². The molecule has 0 radical (unpaired) electrons. The molecular weight excluding hydrogens is 415 g/mol. The van der Waals surface area contributed by atoms with Gasteiger partial charge in [-0.25, -0.2) is 14.6 Å². The second-order valence-electron chi connectivity index (χ2n) is 6.35. The van der Waals surface area contributed by atoms with Crippen LogP contribution in [-0.4, -0.2) is 71.1 Å². The van der Waals surface area contributed by atoms with Crippen molar-refractivity contribution in [1.29, 1.82) is 0 Å². The first-order chi connectivity index (χ1) is 14.0. The molecule has 0 saturated carbocycles. The molecule has 3 rings (SSSR count). The van der Waals surface area contributed by atoms with E-state index in [9.17, 15) is 9.59 Å². The van der Waals surface area contributed by atoms with Gasteiger partial charge in [-0.1, -0.05) is 12.1 Å². The number of ether oxygens (including phenoxy) is 1. The van der Waals surface area contributed by atoms with Crippen molar-refractivity contribution in [2.75, 3.05) is 44.3 Å². The number of benzene rings is 1. The van der Waals surface area contributed by atoms with Crippen molar-refractivity contribution in [2.24, 2.45) is 0 Å². The number of carboxylic acid groups (broad SMARTS) is 2. The molecule has 0 unspecified atom stereocenters. The van der Waals surface area contributed by atoms with Crippen molar-refractivity contribution in [3.63, 3.8) is 0 Å². The van der Waals surface area contributed by atoms with Crippen LogP contribution in [0, 0.1) is 0 Å².